The molecule has 2 saturated heterocycles. The Kier molecular flexibility index (Phi) is 4.76. The number of rotatable bonds is 3. The highest BCUT2D eigenvalue weighted by Gasteiger charge is 2.53. The molecule has 9 heteroatoms. The van der Waals surface area contributed by atoms with Crippen molar-refractivity contribution < 1.29 is 9.59 Å². The molecule has 7 nitrogen and oxygen atoms in total. The number of thiocarbonyl (C=S) groups is 1. The van der Waals surface area contributed by atoms with Crippen LogP contribution in [0, 0.1) is 0 Å². The van der Waals surface area contributed by atoms with Crippen LogP contribution >= 0.6 is 23.8 Å². The zero-order valence-electron chi connectivity index (χ0n) is 15.2. The summed E-state index contributed by atoms with van der Waals surface area (Å²) < 4.78 is 0. The van der Waals surface area contributed by atoms with Gasteiger partial charge in [-0.05, 0) is 68.7 Å². The Morgan fingerprint density at radius 2 is 2.14 bits per heavy atom. The molecule has 0 radical (unpaired) electrons. The first-order chi connectivity index (χ1) is 13.4. The molecule has 1 aromatic carbocycles. The van der Waals surface area contributed by atoms with E-state index in [1.54, 1.807) is 30.3 Å². The summed E-state index contributed by atoms with van der Waals surface area (Å²) in [5.74, 6) is -0.454. The van der Waals surface area contributed by atoms with E-state index in [2.05, 4.69) is 15.5 Å². The minimum Gasteiger partial charge on any atom is -0.334 e. The summed E-state index contributed by atoms with van der Waals surface area (Å²) in [5.41, 5.74) is 0.594. The van der Waals surface area contributed by atoms with Crippen molar-refractivity contribution in [1.82, 2.24) is 15.1 Å². The molecular weight excluding hydrogens is 398 g/mol. The van der Waals surface area contributed by atoms with Crippen LogP contribution in [0.4, 0.5) is 11.4 Å². The molecule has 3 heterocycles. The normalized spacial score (nSPS) is 21.6. The van der Waals surface area contributed by atoms with Gasteiger partial charge in [0, 0.05) is 18.4 Å². The number of aromatic nitrogens is 2. The summed E-state index contributed by atoms with van der Waals surface area (Å²) in [6.45, 7) is 2.70. The molecule has 0 saturated carbocycles. The van der Waals surface area contributed by atoms with Crippen molar-refractivity contribution in [1.29, 1.82) is 0 Å². The zero-order chi connectivity index (χ0) is 19.9. The molecule has 0 bridgehead atoms. The minimum atomic E-state index is -0.614. The van der Waals surface area contributed by atoms with Crippen LogP contribution in [0.25, 0.3) is 0 Å². The lowest BCUT2D eigenvalue weighted by Gasteiger charge is -2.36. The maximum Gasteiger partial charge on any atom is 0.276 e. The molecule has 2 amide bonds. The Morgan fingerprint density at radius 1 is 1.32 bits per heavy atom. The van der Waals surface area contributed by atoms with Gasteiger partial charge in [0.1, 0.15) is 5.54 Å². The Hall–Kier alpha value is -2.58. The molecule has 2 aromatic rings. The first-order valence-corrected chi connectivity index (χ1v) is 9.75. The highest BCUT2D eigenvalue weighted by molar-refractivity contribution is 7.80. The van der Waals surface area contributed by atoms with Gasteiger partial charge in [0.15, 0.2) is 10.8 Å². The SMILES string of the molecule is CC12CCCCN1C(=S)N(c1ccc(NC(=O)c3cccnn3)cc1Cl)C2=O. The topological polar surface area (TPSA) is 78.4 Å². The Balaban J connectivity index is 1.59. The average molecular weight is 416 g/mol. The summed E-state index contributed by atoms with van der Waals surface area (Å²) in [6.07, 6.45) is 4.27. The molecule has 28 heavy (non-hydrogen) atoms. The average Bonchev–Trinajstić information content (AvgIpc) is 2.89. The zero-order valence-corrected chi connectivity index (χ0v) is 16.8. The van der Waals surface area contributed by atoms with E-state index in [0.717, 1.165) is 25.8 Å². The molecule has 0 spiro atoms. The van der Waals surface area contributed by atoms with Gasteiger partial charge in [-0.3, -0.25) is 14.5 Å². The quantitative estimate of drug-likeness (QED) is 0.775. The first-order valence-electron chi connectivity index (χ1n) is 8.96. The van der Waals surface area contributed by atoms with Crippen LogP contribution in [0.15, 0.2) is 36.5 Å². The summed E-state index contributed by atoms with van der Waals surface area (Å²) in [5, 5.41) is 11.0. The number of fused-ring (bicyclic) bond motifs is 1. The fraction of sp³-hybridized carbons (Fsp3) is 0.316. The molecular formula is C19H18ClN5O2S. The Labute approximate surface area is 172 Å². The first kappa shape index (κ1) is 18.8. The monoisotopic (exact) mass is 415 g/mol. The Morgan fingerprint density at radius 3 is 2.82 bits per heavy atom. The van der Waals surface area contributed by atoms with Crippen molar-refractivity contribution >= 4 is 52.1 Å². The molecule has 2 aliphatic rings. The van der Waals surface area contributed by atoms with Crippen molar-refractivity contribution in [3.8, 4) is 0 Å². The smallest absolute Gasteiger partial charge is 0.276 e. The second-order valence-electron chi connectivity index (χ2n) is 7.03. The van der Waals surface area contributed by atoms with Crippen molar-refractivity contribution in [2.45, 2.75) is 31.7 Å². The van der Waals surface area contributed by atoms with Gasteiger partial charge >= 0.3 is 0 Å². The third-order valence-corrected chi connectivity index (χ3v) is 5.93. The Bertz CT molecular complexity index is 970. The minimum absolute atomic E-state index is 0.0598. The number of nitrogens with zero attached hydrogens (tertiary/aromatic N) is 4. The number of halogens is 1. The van der Waals surface area contributed by atoms with E-state index >= 15 is 0 Å². The number of carbonyl (C=O) groups excluding carboxylic acids is 2. The molecule has 2 fully saturated rings. The van der Waals surface area contributed by atoms with E-state index < -0.39 is 11.4 Å². The lowest BCUT2D eigenvalue weighted by Crippen LogP contribution is -2.49. The number of hydrogen-bond acceptors (Lipinski definition) is 5. The highest BCUT2D eigenvalue weighted by Crippen LogP contribution is 2.41. The summed E-state index contributed by atoms with van der Waals surface area (Å²) in [4.78, 5) is 28.9. The molecule has 1 aromatic heterocycles. The summed E-state index contributed by atoms with van der Waals surface area (Å²) in [6, 6.07) is 8.18. The van der Waals surface area contributed by atoms with Gasteiger partial charge < -0.3 is 10.2 Å². The lowest BCUT2D eigenvalue weighted by atomic mass is 9.89. The van der Waals surface area contributed by atoms with Gasteiger partial charge in [-0.15, -0.1) is 5.10 Å². The summed E-state index contributed by atoms with van der Waals surface area (Å²) >= 11 is 12.0. The van der Waals surface area contributed by atoms with Gasteiger partial charge in [-0.25, -0.2) is 0 Å². The maximum absolute atomic E-state index is 13.1. The molecule has 144 valence electrons. The van der Waals surface area contributed by atoms with Crippen LogP contribution in [0.5, 0.6) is 0 Å². The van der Waals surface area contributed by atoms with Crippen LogP contribution in [-0.4, -0.2) is 44.1 Å². The van der Waals surface area contributed by atoms with Crippen molar-refractivity contribution in [3.63, 3.8) is 0 Å². The number of carbonyl (C=O) groups is 2. The van der Waals surface area contributed by atoms with E-state index in [1.807, 2.05) is 11.8 Å². The number of hydrogen-bond donors (Lipinski definition) is 1. The fourth-order valence-electron chi connectivity index (χ4n) is 3.69. The van der Waals surface area contributed by atoms with Crippen molar-refractivity contribution in [2.24, 2.45) is 0 Å². The molecule has 0 aliphatic carbocycles. The number of anilines is 2. The molecule has 4 rings (SSSR count). The number of piperidine rings is 1. The van der Waals surface area contributed by atoms with E-state index in [0.29, 0.717) is 21.5 Å². The highest BCUT2D eigenvalue weighted by atomic mass is 35.5. The van der Waals surface area contributed by atoms with Gasteiger partial charge in [-0.2, -0.15) is 5.10 Å². The van der Waals surface area contributed by atoms with Gasteiger partial charge in [-0.1, -0.05) is 11.6 Å². The lowest BCUT2D eigenvalue weighted by molar-refractivity contribution is -0.125. The standard InChI is InChI=1S/C19H18ClN5O2S/c1-19-8-2-3-10-24(19)18(28)25(17(19)27)15-7-6-12(11-13(15)20)22-16(26)14-5-4-9-21-23-14/h4-7,9,11H,2-3,8,10H2,1H3,(H,22,26). The van der Waals surface area contributed by atoms with Crippen molar-refractivity contribution in [2.75, 3.05) is 16.8 Å². The molecule has 1 N–H and O–H groups in total. The van der Waals surface area contributed by atoms with Crippen LogP contribution in [0.3, 0.4) is 0 Å². The third kappa shape index (κ3) is 3.02. The largest absolute Gasteiger partial charge is 0.334 e. The number of amides is 2. The van der Waals surface area contributed by atoms with Gasteiger partial charge in [0.05, 0.1) is 10.7 Å². The predicted octanol–water partition coefficient (Wildman–Crippen LogP) is 3.26. The van der Waals surface area contributed by atoms with Gasteiger partial charge in [0.2, 0.25) is 0 Å². The van der Waals surface area contributed by atoms with E-state index in [9.17, 15) is 9.59 Å². The van der Waals surface area contributed by atoms with Crippen LogP contribution < -0.4 is 10.2 Å². The van der Waals surface area contributed by atoms with Crippen molar-refractivity contribution in [3.05, 3.63) is 47.2 Å². The fourth-order valence-corrected chi connectivity index (χ4v) is 4.43. The number of benzene rings is 1. The molecule has 2 aliphatic heterocycles. The molecule has 1 unspecified atom stereocenters. The van der Waals surface area contributed by atoms with E-state index in [4.69, 9.17) is 23.8 Å². The predicted molar refractivity (Wildman–Crippen MR) is 110 cm³/mol. The van der Waals surface area contributed by atoms with Crippen LogP contribution in [-0.2, 0) is 4.79 Å². The van der Waals surface area contributed by atoms with E-state index in [-0.39, 0.29) is 11.6 Å². The van der Waals surface area contributed by atoms with Crippen LogP contribution in [0.1, 0.15) is 36.7 Å². The second kappa shape index (κ2) is 7.10. The molecule has 1 atom stereocenters. The van der Waals surface area contributed by atoms with Gasteiger partial charge in [0.25, 0.3) is 11.8 Å². The third-order valence-electron chi connectivity index (χ3n) is 5.23. The summed E-state index contributed by atoms with van der Waals surface area (Å²) in [7, 11) is 0. The van der Waals surface area contributed by atoms with Crippen LogP contribution in [0.2, 0.25) is 5.02 Å². The number of nitrogens with one attached hydrogen (secondary N) is 1. The van der Waals surface area contributed by atoms with E-state index in [1.165, 1.54) is 11.1 Å². The maximum atomic E-state index is 13.1. The second-order valence-corrected chi connectivity index (χ2v) is 7.81.